The maximum atomic E-state index is 5.77. The number of aromatic nitrogens is 2. The predicted octanol–water partition coefficient (Wildman–Crippen LogP) is 1.92. The number of anilines is 1. The van der Waals surface area contributed by atoms with Crippen molar-refractivity contribution in [1.29, 1.82) is 0 Å². The minimum absolute atomic E-state index is 0.0368. The molecule has 2 N–H and O–H groups in total. The number of likely N-dealkylation sites (tertiary alicyclic amines) is 1. The first-order valence-electron chi connectivity index (χ1n) is 7.11. The van der Waals surface area contributed by atoms with E-state index in [-0.39, 0.29) is 5.60 Å². The van der Waals surface area contributed by atoms with E-state index in [4.69, 9.17) is 10.5 Å². The molecule has 2 rings (SSSR count). The zero-order chi connectivity index (χ0) is 13.9. The van der Waals surface area contributed by atoms with Crippen molar-refractivity contribution in [3.63, 3.8) is 0 Å². The van der Waals surface area contributed by atoms with Gasteiger partial charge in [0.05, 0.1) is 18.2 Å². The Morgan fingerprint density at radius 2 is 2.05 bits per heavy atom. The molecule has 0 amide bonds. The van der Waals surface area contributed by atoms with Crippen LogP contribution in [0.5, 0.6) is 0 Å². The van der Waals surface area contributed by atoms with Crippen molar-refractivity contribution in [2.45, 2.75) is 45.3 Å². The van der Waals surface area contributed by atoms with Gasteiger partial charge in [0.15, 0.2) is 0 Å². The van der Waals surface area contributed by atoms with E-state index in [0.717, 1.165) is 39.1 Å². The molecule has 2 heterocycles. The molecule has 5 heteroatoms. The molecule has 0 atom stereocenters. The molecule has 0 aliphatic carbocycles. The minimum atomic E-state index is -0.0368. The standard InChI is InChI=1S/C14H26N4O/c1-14(2,3)19-11-10-17-7-4-12(5-8-17)18-9-6-13(15)16-18/h6,9,12H,4-5,7-8,10-11H2,1-3H3,(H2,15,16). The number of hydrogen-bond donors (Lipinski definition) is 1. The number of nitrogen functional groups attached to an aromatic ring is 1. The molecule has 1 aromatic rings. The van der Waals surface area contributed by atoms with Gasteiger partial charge in [-0.2, -0.15) is 5.10 Å². The van der Waals surface area contributed by atoms with E-state index in [1.807, 2.05) is 16.9 Å². The highest BCUT2D eigenvalue weighted by atomic mass is 16.5. The summed E-state index contributed by atoms with van der Waals surface area (Å²) in [6.45, 7) is 10.3. The van der Waals surface area contributed by atoms with E-state index in [1.54, 1.807) is 0 Å². The molecule has 1 saturated heterocycles. The molecular weight excluding hydrogens is 240 g/mol. The molecule has 108 valence electrons. The van der Waals surface area contributed by atoms with Crippen LogP contribution in [-0.4, -0.2) is 46.5 Å². The van der Waals surface area contributed by atoms with Crippen molar-refractivity contribution in [3.8, 4) is 0 Å². The average molecular weight is 266 g/mol. The average Bonchev–Trinajstić information content (AvgIpc) is 2.75. The van der Waals surface area contributed by atoms with Crippen LogP contribution in [0, 0.1) is 0 Å². The fraction of sp³-hybridized carbons (Fsp3) is 0.786. The van der Waals surface area contributed by atoms with Crippen molar-refractivity contribution in [2.24, 2.45) is 0 Å². The van der Waals surface area contributed by atoms with Crippen molar-refractivity contribution in [3.05, 3.63) is 12.3 Å². The van der Waals surface area contributed by atoms with Gasteiger partial charge in [0.2, 0.25) is 0 Å². The predicted molar refractivity (Wildman–Crippen MR) is 77.1 cm³/mol. The van der Waals surface area contributed by atoms with Gasteiger partial charge in [-0.1, -0.05) is 0 Å². The van der Waals surface area contributed by atoms with Gasteiger partial charge in [-0.05, 0) is 39.7 Å². The first-order chi connectivity index (χ1) is 8.94. The Hall–Kier alpha value is -1.07. The van der Waals surface area contributed by atoms with E-state index in [0.29, 0.717) is 11.9 Å². The Morgan fingerprint density at radius 3 is 2.58 bits per heavy atom. The number of piperidine rings is 1. The summed E-state index contributed by atoms with van der Waals surface area (Å²) in [5, 5.41) is 4.31. The SMILES string of the molecule is CC(C)(C)OCCN1CCC(n2ccc(N)n2)CC1. The molecule has 1 fully saturated rings. The van der Waals surface area contributed by atoms with Gasteiger partial charge in [0, 0.05) is 25.8 Å². The van der Waals surface area contributed by atoms with Crippen LogP contribution < -0.4 is 5.73 Å². The van der Waals surface area contributed by atoms with Crippen molar-refractivity contribution in [2.75, 3.05) is 32.0 Å². The molecule has 0 bridgehead atoms. The van der Waals surface area contributed by atoms with Crippen LogP contribution in [0.2, 0.25) is 0 Å². The van der Waals surface area contributed by atoms with Crippen LogP contribution in [0.1, 0.15) is 39.7 Å². The zero-order valence-corrected chi connectivity index (χ0v) is 12.3. The summed E-state index contributed by atoms with van der Waals surface area (Å²) >= 11 is 0. The Bertz CT molecular complexity index is 388. The van der Waals surface area contributed by atoms with E-state index in [2.05, 4.69) is 30.8 Å². The van der Waals surface area contributed by atoms with E-state index < -0.39 is 0 Å². The first-order valence-corrected chi connectivity index (χ1v) is 7.11. The lowest BCUT2D eigenvalue weighted by molar-refractivity contribution is -0.0161. The van der Waals surface area contributed by atoms with Crippen LogP contribution in [-0.2, 0) is 4.74 Å². The number of nitrogens with two attached hydrogens (primary N) is 1. The number of rotatable bonds is 4. The summed E-state index contributed by atoms with van der Waals surface area (Å²) in [7, 11) is 0. The summed E-state index contributed by atoms with van der Waals surface area (Å²) in [6.07, 6.45) is 4.26. The summed E-state index contributed by atoms with van der Waals surface area (Å²) < 4.78 is 7.78. The molecule has 0 saturated carbocycles. The van der Waals surface area contributed by atoms with Gasteiger partial charge in [0.1, 0.15) is 5.82 Å². The third kappa shape index (κ3) is 4.51. The third-order valence-electron chi connectivity index (χ3n) is 3.50. The van der Waals surface area contributed by atoms with Gasteiger partial charge >= 0.3 is 0 Å². The fourth-order valence-electron chi connectivity index (χ4n) is 2.44. The van der Waals surface area contributed by atoms with E-state index >= 15 is 0 Å². The topological polar surface area (TPSA) is 56.3 Å². The minimum Gasteiger partial charge on any atom is -0.382 e. The summed E-state index contributed by atoms with van der Waals surface area (Å²) in [6, 6.07) is 2.36. The number of ether oxygens (including phenoxy) is 1. The highest BCUT2D eigenvalue weighted by molar-refractivity contribution is 5.24. The maximum absolute atomic E-state index is 5.77. The Morgan fingerprint density at radius 1 is 1.37 bits per heavy atom. The fourth-order valence-corrected chi connectivity index (χ4v) is 2.44. The van der Waals surface area contributed by atoms with Crippen molar-refractivity contribution >= 4 is 5.82 Å². The Kier molecular flexibility index (Phi) is 4.47. The molecular formula is C14H26N4O. The van der Waals surface area contributed by atoms with Crippen LogP contribution in [0.15, 0.2) is 12.3 Å². The highest BCUT2D eigenvalue weighted by Gasteiger charge is 2.21. The maximum Gasteiger partial charge on any atom is 0.145 e. The smallest absolute Gasteiger partial charge is 0.145 e. The second-order valence-corrected chi connectivity index (χ2v) is 6.25. The lowest BCUT2D eigenvalue weighted by atomic mass is 10.1. The molecule has 0 unspecified atom stereocenters. The Balaban J connectivity index is 1.71. The zero-order valence-electron chi connectivity index (χ0n) is 12.3. The molecule has 0 aromatic carbocycles. The van der Waals surface area contributed by atoms with Gasteiger partial charge < -0.3 is 15.4 Å². The van der Waals surface area contributed by atoms with Crippen LogP contribution in [0.3, 0.4) is 0 Å². The van der Waals surface area contributed by atoms with Crippen molar-refractivity contribution in [1.82, 2.24) is 14.7 Å². The lowest BCUT2D eigenvalue weighted by Crippen LogP contribution is -2.38. The van der Waals surface area contributed by atoms with Crippen LogP contribution in [0.25, 0.3) is 0 Å². The van der Waals surface area contributed by atoms with Gasteiger partial charge in [0.25, 0.3) is 0 Å². The third-order valence-corrected chi connectivity index (χ3v) is 3.50. The summed E-state index contributed by atoms with van der Waals surface area (Å²) in [4.78, 5) is 2.47. The molecule has 1 aromatic heterocycles. The van der Waals surface area contributed by atoms with Crippen LogP contribution in [0.4, 0.5) is 5.82 Å². The second kappa shape index (κ2) is 5.92. The molecule has 1 aliphatic rings. The van der Waals surface area contributed by atoms with Crippen LogP contribution >= 0.6 is 0 Å². The molecule has 0 spiro atoms. The summed E-state index contributed by atoms with van der Waals surface area (Å²) in [5.74, 6) is 0.612. The van der Waals surface area contributed by atoms with E-state index in [1.165, 1.54) is 0 Å². The van der Waals surface area contributed by atoms with Gasteiger partial charge in [-0.25, -0.2) is 0 Å². The quantitative estimate of drug-likeness (QED) is 0.904. The molecule has 1 aliphatic heterocycles. The Labute approximate surface area is 115 Å². The number of nitrogens with zero attached hydrogens (tertiary/aromatic N) is 3. The first kappa shape index (κ1) is 14.3. The molecule has 5 nitrogen and oxygen atoms in total. The normalized spacial score (nSPS) is 18.9. The monoisotopic (exact) mass is 266 g/mol. The van der Waals surface area contributed by atoms with E-state index in [9.17, 15) is 0 Å². The van der Waals surface area contributed by atoms with Gasteiger partial charge in [-0.15, -0.1) is 0 Å². The largest absolute Gasteiger partial charge is 0.382 e. The lowest BCUT2D eigenvalue weighted by Gasteiger charge is -2.32. The highest BCUT2D eigenvalue weighted by Crippen LogP contribution is 2.22. The molecule has 0 radical (unpaired) electrons. The van der Waals surface area contributed by atoms with Gasteiger partial charge in [-0.3, -0.25) is 4.68 Å². The second-order valence-electron chi connectivity index (χ2n) is 6.25. The molecule has 19 heavy (non-hydrogen) atoms. The summed E-state index contributed by atoms with van der Waals surface area (Å²) in [5.41, 5.74) is 5.62. The van der Waals surface area contributed by atoms with Crippen molar-refractivity contribution < 1.29 is 4.74 Å². The number of hydrogen-bond acceptors (Lipinski definition) is 4.